The van der Waals surface area contributed by atoms with E-state index in [0.29, 0.717) is 0 Å². The van der Waals surface area contributed by atoms with Crippen LogP contribution in [0, 0.1) is 27.7 Å². The van der Waals surface area contributed by atoms with Crippen molar-refractivity contribution in [1.82, 2.24) is 4.98 Å². The van der Waals surface area contributed by atoms with Gasteiger partial charge in [-0.2, -0.15) is 0 Å². The normalized spacial score (nSPS) is 9.09. The van der Waals surface area contributed by atoms with Crippen molar-refractivity contribution in [2.24, 2.45) is 0 Å². The fraction of sp³-hybridized carbons (Fsp3) is 0.444. The van der Waals surface area contributed by atoms with E-state index in [-0.39, 0.29) is 20.3 Å². The smallest absolute Gasteiger partial charge is 1.00 e. The van der Waals surface area contributed by atoms with Crippen LogP contribution in [0.3, 0.4) is 0 Å². The Balaban J connectivity index is 0. The third-order valence-electron chi connectivity index (χ3n) is 2.15. The molecule has 0 aliphatic rings. The van der Waals surface area contributed by atoms with Gasteiger partial charge in [-0.25, -0.2) is 0 Å². The SMILES string of the molecule is Cc1cnc(C)c(C)c1C.[H-].[Li+]. The van der Waals surface area contributed by atoms with Crippen molar-refractivity contribution in [3.05, 3.63) is 28.6 Å². The Labute approximate surface area is 81.9 Å². The quantitative estimate of drug-likeness (QED) is 0.443. The van der Waals surface area contributed by atoms with E-state index >= 15 is 0 Å². The summed E-state index contributed by atoms with van der Waals surface area (Å²) in [6.07, 6.45) is 1.93. The Hall–Kier alpha value is -0.253. The minimum absolute atomic E-state index is 0. The molecule has 1 aromatic rings. The van der Waals surface area contributed by atoms with Crippen molar-refractivity contribution in [2.45, 2.75) is 27.7 Å². The molecule has 0 fully saturated rings. The molecule has 2 heteroatoms. The largest absolute Gasteiger partial charge is 1.00 e. The van der Waals surface area contributed by atoms with Gasteiger partial charge < -0.3 is 1.43 Å². The number of rotatable bonds is 0. The summed E-state index contributed by atoms with van der Waals surface area (Å²) in [5, 5.41) is 0. The second kappa shape index (κ2) is 3.95. The topological polar surface area (TPSA) is 12.9 Å². The Kier molecular flexibility index (Phi) is 3.86. The van der Waals surface area contributed by atoms with Crippen LogP contribution in [0.15, 0.2) is 6.20 Å². The minimum Gasteiger partial charge on any atom is -1.00 e. The number of hydrogen-bond acceptors (Lipinski definition) is 1. The number of nitrogens with zero attached hydrogens (tertiary/aromatic N) is 1. The summed E-state index contributed by atoms with van der Waals surface area (Å²) in [6.45, 7) is 8.39. The fourth-order valence-electron chi connectivity index (χ4n) is 0.954. The van der Waals surface area contributed by atoms with Crippen LogP contribution in [-0.4, -0.2) is 4.98 Å². The predicted molar refractivity (Wildman–Crippen MR) is 44.3 cm³/mol. The molecule has 1 aromatic heterocycles. The van der Waals surface area contributed by atoms with E-state index in [1.54, 1.807) is 0 Å². The van der Waals surface area contributed by atoms with Gasteiger partial charge in [-0.3, -0.25) is 4.98 Å². The van der Waals surface area contributed by atoms with Crippen LogP contribution < -0.4 is 18.9 Å². The van der Waals surface area contributed by atoms with E-state index in [0.717, 1.165) is 5.69 Å². The molecule has 0 saturated carbocycles. The molecule has 0 unspecified atom stereocenters. The first-order valence-corrected chi connectivity index (χ1v) is 3.52. The average Bonchev–Trinajstić information content (AvgIpc) is 1.93. The van der Waals surface area contributed by atoms with Gasteiger partial charge >= 0.3 is 18.9 Å². The first kappa shape index (κ1) is 10.7. The molecule has 1 nitrogen and oxygen atoms in total. The number of pyridine rings is 1. The van der Waals surface area contributed by atoms with Gasteiger partial charge in [-0.1, -0.05) is 0 Å². The molecule has 0 aromatic carbocycles. The van der Waals surface area contributed by atoms with Crippen LogP contribution in [0.4, 0.5) is 0 Å². The van der Waals surface area contributed by atoms with Crippen molar-refractivity contribution in [1.29, 1.82) is 0 Å². The molecule has 11 heavy (non-hydrogen) atoms. The Bertz CT molecular complexity index is 234. The molecule has 1 heterocycles. The molecule has 0 bridgehead atoms. The molecule has 0 spiro atoms. The van der Waals surface area contributed by atoms with Crippen molar-refractivity contribution >= 4 is 0 Å². The van der Waals surface area contributed by atoms with Gasteiger partial charge in [0.05, 0.1) is 0 Å². The third-order valence-corrected chi connectivity index (χ3v) is 2.15. The molecule has 0 aliphatic heterocycles. The Morgan fingerprint density at radius 1 is 1.09 bits per heavy atom. The van der Waals surface area contributed by atoms with Gasteiger partial charge in [0.1, 0.15) is 0 Å². The third kappa shape index (κ3) is 2.09. The predicted octanol–water partition coefficient (Wildman–Crippen LogP) is -0.568. The van der Waals surface area contributed by atoms with Gasteiger partial charge in [0.2, 0.25) is 0 Å². The zero-order valence-electron chi connectivity index (χ0n) is 9.02. The van der Waals surface area contributed by atoms with Crippen LogP contribution in [0.5, 0.6) is 0 Å². The van der Waals surface area contributed by atoms with E-state index in [1.807, 2.05) is 13.1 Å². The summed E-state index contributed by atoms with van der Waals surface area (Å²) in [7, 11) is 0. The zero-order valence-corrected chi connectivity index (χ0v) is 8.02. The standard InChI is InChI=1S/C9H13N.Li.H/c1-6-5-10-9(4)8(3)7(6)2;;/h5H,1-4H3;;/q;+1;-1. The minimum atomic E-state index is 0. The summed E-state index contributed by atoms with van der Waals surface area (Å²) >= 11 is 0. The molecular formula is C9H14LiN. The maximum Gasteiger partial charge on any atom is 1.00 e. The molecule has 0 saturated heterocycles. The van der Waals surface area contributed by atoms with Gasteiger partial charge in [0, 0.05) is 11.9 Å². The van der Waals surface area contributed by atoms with Crippen molar-refractivity contribution in [2.75, 3.05) is 0 Å². The number of hydrogen-bond donors (Lipinski definition) is 0. The Morgan fingerprint density at radius 3 is 2.09 bits per heavy atom. The molecule has 0 N–H and O–H groups in total. The van der Waals surface area contributed by atoms with Crippen molar-refractivity contribution in [3.8, 4) is 0 Å². The maximum atomic E-state index is 4.24. The summed E-state index contributed by atoms with van der Waals surface area (Å²) in [6, 6.07) is 0. The van der Waals surface area contributed by atoms with Crippen LogP contribution in [-0.2, 0) is 0 Å². The number of aromatic nitrogens is 1. The molecule has 0 radical (unpaired) electrons. The van der Waals surface area contributed by atoms with Gasteiger partial charge in [-0.05, 0) is 44.4 Å². The first-order valence-electron chi connectivity index (χ1n) is 3.52. The molecule has 0 atom stereocenters. The van der Waals surface area contributed by atoms with E-state index in [9.17, 15) is 0 Å². The summed E-state index contributed by atoms with van der Waals surface area (Å²) in [4.78, 5) is 4.24. The van der Waals surface area contributed by atoms with Crippen LogP contribution in [0.1, 0.15) is 23.8 Å². The van der Waals surface area contributed by atoms with E-state index in [1.165, 1.54) is 16.7 Å². The molecule has 1 rings (SSSR count). The summed E-state index contributed by atoms with van der Waals surface area (Å²) in [5.41, 5.74) is 5.11. The second-order valence-corrected chi connectivity index (χ2v) is 2.78. The van der Waals surface area contributed by atoms with E-state index in [2.05, 4.69) is 25.8 Å². The molecular weight excluding hydrogens is 129 g/mol. The molecule has 0 aliphatic carbocycles. The molecule has 0 amide bonds. The second-order valence-electron chi connectivity index (χ2n) is 2.78. The van der Waals surface area contributed by atoms with Crippen molar-refractivity contribution in [3.63, 3.8) is 0 Å². The maximum absolute atomic E-state index is 4.24. The Morgan fingerprint density at radius 2 is 1.64 bits per heavy atom. The van der Waals surface area contributed by atoms with Crippen LogP contribution >= 0.6 is 0 Å². The monoisotopic (exact) mass is 143 g/mol. The molecule has 56 valence electrons. The van der Waals surface area contributed by atoms with Gasteiger partial charge in [0.25, 0.3) is 0 Å². The van der Waals surface area contributed by atoms with E-state index in [4.69, 9.17) is 0 Å². The van der Waals surface area contributed by atoms with Crippen LogP contribution in [0.25, 0.3) is 0 Å². The van der Waals surface area contributed by atoms with Gasteiger partial charge in [0.15, 0.2) is 0 Å². The van der Waals surface area contributed by atoms with Crippen molar-refractivity contribution < 1.29 is 20.3 Å². The van der Waals surface area contributed by atoms with Crippen LogP contribution in [0.2, 0.25) is 0 Å². The number of aryl methyl sites for hydroxylation is 2. The average molecular weight is 143 g/mol. The zero-order chi connectivity index (χ0) is 7.72. The summed E-state index contributed by atoms with van der Waals surface area (Å²) < 4.78 is 0. The van der Waals surface area contributed by atoms with Gasteiger partial charge in [-0.15, -0.1) is 0 Å². The first-order chi connectivity index (χ1) is 4.63. The summed E-state index contributed by atoms with van der Waals surface area (Å²) in [5.74, 6) is 0. The fourth-order valence-corrected chi connectivity index (χ4v) is 0.954. The van der Waals surface area contributed by atoms with E-state index < -0.39 is 0 Å².